The average Bonchev–Trinajstić information content (AvgIpc) is 2.87. The van der Waals surface area contributed by atoms with Gasteiger partial charge in [-0.2, -0.15) is 0 Å². The summed E-state index contributed by atoms with van der Waals surface area (Å²) in [5, 5.41) is 4.45. The van der Waals surface area contributed by atoms with E-state index in [9.17, 15) is 19.2 Å². The monoisotopic (exact) mass is 337 g/mol. The van der Waals surface area contributed by atoms with Crippen LogP contribution < -0.4 is 15.4 Å². The molecule has 1 saturated heterocycles. The van der Waals surface area contributed by atoms with Crippen LogP contribution >= 0.6 is 11.8 Å². The Morgan fingerprint density at radius 3 is 2.48 bits per heavy atom. The molecule has 9 heteroatoms. The van der Waals surface area contributed by atoms with Crippen LogP contribution in [0.25, 0.3) is 0 Å². The van der Waals surface area contributed by atoms with Gasteiger partial charge in [-0.1, -0.05) is 11.8 Å². The molecule has 1 aliphatic heterocycles. The highest BCUT2D eigenvalue weighted by atomic mass is 32.2. The molecule has 0 aliphatic carbocycles. The number of anilines is 1. The van der Waals surface area contributed by atoms with Gasteiger partial charge in [0.15, 0.2) is 0 Å². The van der Waals surface area contributed by atoms with Crippen molar-refractivity contribution < 1.29 is 23.9 Å². The maximum atomic E-state index is 11.7. The van der Waals surface area contributed by atoms with E-state index in [1.165, 1.54) is 7.11 Å². The molecule has 0 bridgehead atoms. The first kappa shape index (κ1) is 16.8. The van der Waals surface area contributed by atoms with E-state index < -0.39 is 11.8 Å². The third-order valence-electron chi connectivity index (χ3n) is 3.02. The summed E-state index contributed by atoms with van der Waals surface area (Å²) in [6, 6.07) is 6.50. The van der Waals surface area contributed by atoms with Crippen molar-refractivity contribution in [2.75, 3.05) is 31.3 Å². The molecule has 2 N–H and O–H groups in total. The van der Waals surface area contributed by atoms with Gasteiger partial charge in [0.05, 0.1) is 12.9 Å². The van der Waals surface area contributed by atoms with Crippen molar-refractivity contribution in [2.45, 2.75) is 0 Å². The van der Waals surface area contributed by atoms with Crippen LogP contribution in [0.1, 0.15) is 0 Å². The topological polar surface area (TPSA) is 105 Å². The lowest BCUT2D eigenvalue weighted by atomic mass is 10.3. The first-order valence-electron chi connectivity index (χ1n) is 6.71. The number of benzene rings is 1. The minimum Gasteiger partial charge on any atom is -0.497 e. The van der Waals surface area contributed by atoms with Gasteiger partial charge in [0.2, 0.25) is 5.91 Å². The first-order chi connectivity index (χ1) is 11.0. The molecule has 1 aromatic rings. The molecule has 122 valence electrons. The zero-order valence-electron chi connectivity index (χ0n) is 12.3. The van der Waals surface area contributed by atoms with Crippen molar-refractivity contribution >= 4 is 40.4 Å². The summed E-state index contributed by atoms with van der Waals surface area (Å²) in [6.07, 6.45) is 0. The van der Waals surface area contributed by atoms with Crippen LogP contribution in [0.3, 0.4) is 0 Å². The number of thioether (sulfide) groups is 1. The molecule has 1 fully saturated rings. The Morgan fingerprint density at radius 2 is 1.91 bits per heavy atom. The summed E-state index contributed by atoms with van der Waals surface area (Å²) in [6.45, 7) is 0.0686. The number of hydrogen-bond acceptors (Lipinski definition) is 6. The van der Waals surface area contributed by atoms with Crippen LogP contribution in [0.4, 0.5) is 10.5 Å². The number of carbonyl (C=O) groups is 4. The van der Waals surface area contributed by atoms with E-state index in [-0.39, 0.29) is 30.0 Å². The van der Waals surface area contributed by atoms with E-state index >= 15 is 0 Å². The highest BCUT2D eigenvalue weighted by Crippen LogP contribution is 2.17. The summed E-state index contributed by atoms with van der Waals surface area (Å²) in [5.74, 6) is -1.22. The predicted octanol–water partition coefficient (Wildman–Crippen LogP) is 0.445. The fraction of sp³-hybridized carbons (Fsp3) is 0.286. The molecule has 23 heavy (non-hydrogen) atoms. The van der Waals surface area contributed by atoms with Crippen molar-refractivity contribution in [3.05, 3.63) is 24.3 Å². The van der Waals surface area contributed by atoms with Crippen molar-refractivity contribution in [1.29, 1.82) is 0 Å². The number of imide groups is 1. The van der Waals surface area contributed by atoms with Crippen LogP contribution in [0.2, 0.25) is 0 Å². The highest BCUT2D eigenvalue weighted by molar-refractivity contribution is 8.14. The maximum absolute atomic E-state index is 11.7. The van der Waals surface area contributed by atoms with E-state index in [2.05, 4.69) is 10.6 Å². The Morgan fingerprint density at radius 1 is 1.22 bits per heavy atom. The van der Waals surface area contributed by atoms with Gasteiger partial charge < -0.3 is 15.4 Å². The lowest BCUT2D eigenvalue weighted by Gasteiger charge is -2.13. The van der Waals surface area contributed by atoms with Crippen LogP contribution in [0, 0.1) is 0 Å². The number of methoxy groups -OCH3 is 1. The molecule has 1 aromatic carbocycles. The summed E-state index contributed by atoms with van der Waals surface area (Å²) in [7, 11) is 1.52. The molecular weight excluding hydrogens is 322 g/mol. The van der Waals surface area contributed by atoms with Gasteiger partial charge in [0.25, 0.3) is 5.24 Å². The van der Waals surface area contributed by atoms with Crippen molar-refractivity contribution in [2.24, 2.45) is 0 Å². The van der Waals surface area contributed by atoms with Crippen LogP contribution in [-0.4, -0.2) is 53.8 Å². The summed E-state index contributed by atoms with van der Waals surface area (Å²) in [4.78, 5) is 47.2. The number of ether oxygens (including phenoxy) is 1. The standard InChI is InChI=1S/C14H15N3O5S/c1-22-10-4-2-9(3-5-10)16-13(20)12(19)15-6-7-17-11(18)8-23-14(17)21/h2-5H,6-8H2,1H3,(H,15,19)(H,16,20). The van der Waals surface area contributed by atoms with Gasteiger partial charge in [0, 0.05) is 18.8 Å². The molecule has 0 aromatic heterocycles. The van der Waals surface area contributed by atoms with Crippen molar-refractivity contribution in [3.63, 3.8) is 0 Å². The SMILES string of the molecule is COc1ccc(NC(=O)C(=O)NCCN2C(=O)CSC2=O)cc1. The minimum absolute atomic E-state index is 0.0207. The van der Waals surface area contributed by atoms with E-state index in [1.54, 1.807) is 24.3 Å². The lowest BCUT2D eigenvalue weighted by Crippen LogP contribution is -2.41. The molecule has 1 heterocycles. The van der Waals surface area contributed by atoms with Gasteiger partial charge in [-0.3, -0.25) is 24.1 Å². The smallest absolute Gasteiger partial charge is 0.313 e. The number of nitrogens with one attached hydrogen (secondary N) is 2. The quantitative estimate of drug-likeness (QED) is 0.756. The largest absolute Gasteiger partial charge is 0.497 e. The average molecular weight is 337 g/mol. The molecule has 8 nitrogen and oxygen atoms in total. The molecule has 0 spiro atoms. The second-order valence-corrected chi connectivity index (χ2v) is 5.47. The Labute approximate surface area is 136 Å². The van der Waals surface area contributed by atoms with Crippen molar-refractivity contribution in [1.82, 2.24) is 10.2 Å². The summed E-state index contributed by atoms with van der Waals surface area (Å²) in [5.41, 5.74) is 0.451. The molecular formula is C14H15N3O5S. The summed E-state index contributed by atoms with van der Waals surface area (Å²) >= 11 is 0.919. The number of amides is 4. The van der Waals surface area contributed by atoms with Gasteiger partial charge in [-0.15, -0.1) is 0 Å². The molecule has 0 radical (unpaired) electrons. The first-order valence-corrected chi connectivity index (χ1v) is 7.70. The highest BCUT2D eigenvalue weighted by Gasteiger charge is 2.29. The minimum atomic E-state index is -0.840. The number of carbonyl (C=O) groups excluding carboxylic acids is 4. The predicted molar refractivity (Wildman–Crippen MR) is 84.2 cm³/mol. The molecule has 0 atom stereocenters. The van der Waals surface area contributed by atoms with Gasteiger partial charge in [-0.05, 0) is 24.3 Å². The second-order valence-electron chi connectivity index (χ2n) is 4.54. The molecule has 4 amide bonds. The Kier molecular flexibility index (Phi) is 5.58. The molecule has 0 unspecified atom stereocenters. The van der Waals surface area contributed by atoms with Gasteiger partial charge in [0.1, 0.15) is 5.75 Å². The Bertz CT molecular complexity index is 616. The van der Waals surface area contributed by atoms with Crippen LogP contribution in [0.5, 0.6) is 5.75 Å². The van der Waals surface area contributed by atoms with Gasteiger partial charge in [-0.25, -0.2) is 0 Å². The second kappa shape index (κ2) is 7.63. The van der Waals surface area contributed by atoms with Crippen LogP contribution in [0.15, 0.2) is 24.3 Å². The molecule has 1 aliphatic rings. The normalized spacial score (nSPS) is 13.9. The van der Waals surface area contributed by atoms with E-state index in [1.807, 2.05) is 0 Å². The van der Waals surface area contributed by atoms with E-state index in [0.29, 0.717) is 11.4 Å². The number of hydrogen-bond donors (Lipinski definition) is 2. The van der Waals surface area contributed by atoms with E-state index in [4.69, 9.17) is 4.74 Å². The third kappa shape index (κ3) is 4.46. The van der Waals surface area contributed by atoms with Gasteiger partial charge >= 0.3 is 11.8 Å². The molecule has 2 rings (SSSR count). The third-order valence-corrected chi connectivity index (χ3v) is 3.87. The summed E-state index contributed by atoms with van der Waals surface area (Å²) < 4.78 is 4.99. The number of nitrogens with zero attached hydrogens (tertiary/aromatic N) is 1. The Hall–Kier alpha value is -2.55. The lowest BCUT2D eigenvalue weighted by molar-refractivity contribution is -0.136. The zero-order chi connectivity index (χ0) is 16.8. The van der Waals surface area contributed by atoms with Crippen molar-refractivity contribution in [3.8, 4) is 5.75 Å². The maximum Gasteiger partial charge on any atom is 0.313 e. The fourth-order valence-electron chi connectivity index (χ4n) is 1.82. The van der Waals surface area contributed by atoms with E-state index in [0.717, 1.165) is 16.7 Å². The zero-order valence-corrected chi connectivity index (χ0v) is 13.1. The number of rotatable bonds is 5. The Balaban J connectivity index is 1.77. The molecule has 0 saturated carbocycles. The van der Waals surface area contributed by atoms with Crippen LogP contribution in [-0.2, 0) is 14.4 Å². The fourth-order valence-corrected chi connectivity index (χ4v) is 2.57.